The molecule has 0 aliphatic carbocycles. The van der Waals surface area contributed by atoms with Gasteiger partial charge >= 0.3 is 0 Å². The van der Waals surface area contributed by atoms with Gasteiger partial charge in [-0.25, -0.2) is 0 Å². The quantitative estimate of drug-likeness (QED) is 0.464. The highest BCUT2D eigenvalue weighted by Gasteiger charge is 2.27. The van der Waals surface area contributed by atoms with Crippen molar-refractivity contribution in [3.05, 3.63) is 76.4 Å². The first-order chi connectivity index (χ1) is 15.2. The number of para-hydroxylation sites is 1. The molecule has 1 N–H and O–H groups in total. The van der Waals surface area contributed by atoms with Gasteiger partial charge in [-0.3, -0.25) is 4.79 Å². The molecule has 2 aromatic heterocycles. The van der Waals surface area contributed by atoms with Crippen molar-refractivity contribution >= 4 is 22.2 Å². The molecule has 1 aliphatic rings. The number of nitrogens with zero attached hydrogens (tertiary/aromatic N) is 2. The topological polar surface area (TPSA) is 86.5 Å². The molecule has 5 rings (SSSR count). The number of aryl methyl sites for hydroxylation is 1. The maximum Gasteiger partial charge on any atom is 0.261 e. The molecule has 31 heavy (non-hydrogen) atoms. The molecule has 0 radical (unpaired) electrons. The number of benzene rings is 2. The summed E-state index contributed by atoms with van der Waals surface area (Å²) in [5.41, 5.74) is 2.42. The van der Waals surface area contributed by atoms with E-state index in [1.165, 1.54) is 11.3 Å². The van der Waals surface area contributed by atoms with Gasteiger partial charge in [0.1, 0.15) is 16.5 Å². The van der Waals surface area contributed by atoms with E-state index in [9.17, 15) is 4.79 Å². The van der Waals surface area contributed by atoms with Crippen molar-refractivity contribution < 1.29 is 18.8 Å². The molecule has 7 nitrogen and oxygen atoms in total. The highest BCUT2D eigenvalue weighted by atomic mass is 32.1. The van der Waals surface area contributed by atoms with Crippen LogP contribution in [0.2, 0.25) is 0 Å². The third-order valence-corrected chi connectivity index (χ3v) is 6.01. The number of carbonyl (C=O) groups is 1. The Balaban J connectivity index is 1.38. The van der Waals surface area contributed by atoms with Gasteiger partial charge in [0.2, 0.25) is 0 Å². The number of rotatable bonds is 5. The molecule has 0 saturated heterocycles. The first-order valence-electron chi connectivity index (χ1n) is 9.84. The van der Waals surface area contributed by atoms with Gasteiger partial charge in [-0.2, -0.15) is 4.98 Å². The van der Waals surface area contributed by atoms with Gasteiger partial charge in [0.25, 0.3) is 11.8 Å². The lowest BCUT2D eigenvalue weighted by Crippen LogP contribution is -2.12. The van der Waals surface area contributed by atoms with E-state index in [1.807, 2.05) is 30.3 Å². The average Bonchev–Trinajstić information content (AvgIpc) is 3.37. The van der Waals surface area contributed by atoms with Crippen LogP contribution in [0.5, 0.6) is 11.5 Å². The Morgan fingerprint density at radius 1 is 1.10 bits per heavy atom. The van der Waals surface area contributed by atoms with Crippen molar-refractivity contribution in [2.75, 3.05) is 11.9 Å². The zero-order chi connectivity index (χ0) is 21.2. The van der Waals surface area contributed by atoms with E-state index in [0.717, 1.165) is 28.2 Å². The van der Waals surface area contributed by atoms with E-state index in [1.54, 1.807) is 31.2 Å². The Morgan fingerprint density at radius 3 is 2.61 bits per heavy atom. The molecule has 1 amide bonds. The van der Waals surface area contributed by atoms with E-state index in [4.69, 9.17) is 14.0 Å². The van der Waals surface area contributed by atoms with Crippen molar-refractivity contribution in [2.24, 2.45) is 0 Å². The van der Waals surface area contributed by atoms with Crippen molar-refractivity contribution in [3.8, 4) is 23.0 Å². The van der Waals surface area contributed by atoms with E-state index < -0.39 is 0 Å². The predicted octanol–water partition coefficient (Wildman–Crippen LogP) is 5.22. The van der Waals surface area contributed by atoms with Gasteiger partial charge in [0, 0.05) is 10.4 Å². The van der Waals surface area contributed by atoms with Crippen molar-refractivity contribution in [1.82, 2.24) is 10.1 Å². The van der Waals surface area contributed by atoms with Gasteiger partial charge in [0.15, 0.2) is 5.82 Å². The largest absolute Gasteiger partial charge is 0.457 e. The standard InChI is InChI=1S/C23H19N3O4S/c1-14-24-22(30-26-14)20-18-11-12-28-13-19(18)31-23(20)25-21(27)15-7-9-17(10-8-15)29-16-5-3-2-4-6-16/h2-10H,11-13H2,1H3,(H,25,27). The number of fused-ring (bicyclic) bond motifs is 1. The van der Waals surface area contributed by atoms with E-state index in [-0.39, 0.29) is 5.91 Å². The Morgan fingerprint density at radius 2 is 1.87 bits per heavy atom. The van der Waals surface area contributed by atoms with E-state index >= 15 is 0 Å². The van der Waals surface area contributed by atoms with Crippen LogP contribution in [-0.4, -0.2) is 22.7 Å². The molecular formula is C23H19N3O4S. The van der Waals surface area contributed by atoms with Crippen LogP contribution >= 0.6 is 11.3 Å². The summed E-state index contributed by atoms with van der Waals surface area (Å²) in [6, 6.07) is 16.5. The van der Waals surface area contributed by atoms with Gasteiger partial charge in [-0.05, 0) is 55.3 Å². The second kappa shape index (κ2) is 8.33. The molecule has 0 atom stereocenters. The van der Waals surface area contributed by atoms with Crippen LogP contribution < -0.4 is 10.1 Å². The minimum absolute atomic E-state index is 0.219. The number of amides is 1. The highest BCUT2D eigenvalue weighted by molar-refractivity contribution is 7.17. The van der Waals surface area contributed by atoms with Gasteiger partial charge in [0.05, 0.1) is 18.8 Å². The third kappa shape index (κ3) is 4.08. The molecule has 0 fully saturated rings. The molecule has 3 heterocycles. The summed E-state index contributed by atoms with van der Waals surface area (Å²) >= 11 is 1.48. The van der Waals surface area contributed by atoms with Crippen LogP contribution in [0.25, 0.3) is 11.5 Å². The number of carbonyl (C=O) groups excluding carboxylic acids is 1. The van der Waals surface area contributed by atoms with Gasteiger partial charge in [-0.15, -0.1) is 11.3 Å². The average molecular weight is 433 g/mol. The summed E-state index contributed by atoms with van der Waals surface area (Å²) in [6.45, 7) is 2.91. The van der Waals surface area contributed by atoms with Crippen LogP contribution in [0, 0.1) is 6.92 Å². The molecule has 0 unspecified atom stereocenters. The second-order valence-electron chi connectivity index (χ2n) is 7.05. The molecule has 0 bridgehead atoms. The Kier molecular flexibility index (Phi) is 5.23. The van der Waals surface area contributed by atoms with E-state index in [0.29, 0.717) is 41.2 Å². The van der Waals surface area contributed by atoms with Crippen LogP contribution in [0.3, 0.4) is 0 Å². The number of hydrogen-bond donors (Lipinski definition) is 1. The molecule has 4 aromatic rings. The SMILES string of the molecule is Cc1noc(-c2c(NC(=O)c3ccc(Oc4ccccc4)cc3)sc3c2CCOC3)n1. The maximum atomic E-state index is 12.9. The van der Waals surface area contributed by atoms with Gasteiger partial charge in [-0.1, -0.05) is 23.4 Å². The number of nitrogens with one attached hydrogen (secondary N) is 1. The van der Waals surface area contributed by atoms with Crippen LogP contribution in [0.15, 0.2) is 59.1 Å². The zero-order valence-corrected chi connectivity index (χ0v) is 17.6. The smallest absolute Gasteiger partial charge is 0.261 e. The summed E-state index contributed by atoms with van der Waals surface area (Å²) in [7, 11) is 0. The third-order valence-electron chi connectivity index (χ3n) is 4.88. The summed E-state index contributed by atoms with van der Waals surface area (Å²) in [5.74, 6) is 2.15. The maximum absolute atomic E-state index is 12.9. The lowest BCUT2D eigenvalue weighted by Gasteiger charge is -2.12. The van der Waals surface area contributed by atoms with Crippen molar-refractivity contribution in [3.63, 3.8) is 0 Å². The highest BCUT2D eigenvalue weighted by Crippen LogP contribution is 2.42. The number of aromatic nitrogens is 2. The number of ether oxygens (including phenoxy) is 2. The summed E-state index contributed by atoms with van der Waals surface area (Å²) in [4.78, 5) is 18.4. The predicted molar refractivity (Wildman–Crippen MR) is 117 cm³/mol. The fraction of sp³-hybridized carbons (Fsp3) is 0.174. The first kappa shape index (κ1) is 19.5. The number of thiophene rings is 1. The fourth-order valence-corrected chi connectivity index (χ4v) is 4.59. The monoisotopic (exact) mass is 433 g/mol. The Bertz CT molecular complexity index is 1220. The zero-order valence-electron chi connectivity index (χ0n) is 16.8. The summed E-state index contributed by atoms with van der Waals surface area (Å²) < 4.78 is 16.8. The number of hydrogen-bond acceptors (Lipinski definition) is 7. The Labute approximate surface area is 182 Å². The molecular weight excluding hydrogens is 414 g/mol. The Hall–Kier alpha value is -3.49. The van der Waals surface area contributed by atoms with Crippen LogP contribution in [0.1, 0.15) is 26.6 Å². The van der Waals surface area contributed by atoms with Gasteiger partial charge < -0.3 is 19.3 Å². The first-order valence-corrected chi connectivity index (χ1v) is 10.7. The van der Waals surface area contributed by atoms with E-state index in [2.05, 4.69) is 15.5 Å². The van der Waals surface area contributed by atoms with Crippen molar-refractivity contribution in [1.29, 1.82) is 0 Å². The summed E-state index contributed by atoms with van der Waals surface area (Å²) in [6.07, 6.45) is 0.740. The summed E-state index contributed by atoms with van der Waals surface area (Å²) in [5, 5.41) is 7.61. The molecule has 156 valence electrons. The lowest BCUT2D eigenvalue weighted by molar-refractivity contribution is 0.102. The second-order valence-corrected chi connectivity index (χ2v) is 8.16. The number of anilines is 1. The molecule has 2 aromatic carbocycles. The van der Waals surface area contributed by atoms with Crippen LogP contribution in [0.4, 0.5) is 5.00 Å². The minimum Gasteiger partial charge on any atom is -0.457 e. The molecule has 0 saturated carbocycles. The normalized spacial score (nSPS) is 12.9. The minimum atomic E-state index is -0.219. The molecule has 0 spiro atoms. The lowest BCUT2D eigenvalue weighted by atomic mass is 10.1. The van der Waals surface area contributed by atoms with Crippen LogP contribution in [-0.2, 0) is 17.8 Å². The fourth-order valence-electron chi connectivity index (χ4n) is 3.42. The van der Waals surface area contributed by atoms with Crippen molar-refractivity contribution in [2.45, 2.75) is 20.0 Å². The molecule has 1 aliphatic heterocycles. The molecule has 8 heteroatoms.